The third-order valence-corrected chi connectivity index (χ3v) is 22.3. The summed E-state index contributed by atoms with van der Waals surface area (Å²) in [5, 5.41) is 27.9. The van der Waals surface area contributed by atoms with Gasteiger partial charge < -0.3 is 4.90 Å². The summed E-state index contributed by atoms with van der Waals surface area (Å²) in [6.45, 7) is 5.14. The fourth-order valence-corrected chi connectivity index (χ4v) is 21.2. The average Bonchev–Trinajstić information content (AvgIpc) is 3.93. The van der Waals surface area contributed by atoms with Gasteiger partial charge in [0, 0.05) is 40.8 Å². The molecule has 1 heteroatoms. The van der Waals surface area contributed by atoms with E-state index < -0.39 is 0 Å². The molecular weight excluding hydrogens is 819 g/mol. The molecule has 11 atom stereocenters. The molecule has 10 aliphatic carbocycles. The molecule has 2 saturated carbocycles. The fourth-order valence-electron chi connectivity index (χ4n) is 21.2. The number of para-hydroxylation sites is 1. The highest BCUT2D eigenvalue weighted by molar-refractivity contribution is 6.48. The van der Waals surface area contributed by atoms with Gasteiger partial charge >= 0.3 is 0 Å². The van der Waals surface area contributed by atoms with Crippen LogP contribution in [0.1, 0.15) is 72.4 Å². The van der Waals surface area contributed by atoms with Crippen LogP contribution in [0.4, 0.5) is 5.69 Å². The van der Waals surface area contributed by atoms with Crippen molar-refractivity contribution in [1.82, 2.24) is 0 Å². The van der Waals surface area contributed by atoms with E-state index in [0.29, 0.717) is 47.5 Å². The molecular formula is C67H41N. The van der Waals surface area contributed by atoms with Crippen LogP contribution in [0.5, 0.6) is 0 Å². The van der Waals surface area contributed by atoms with Crippen molar-refractivity contribution in [1.29, 1.82) is 0 Å². The quantitative estimate of drug-likeness (QED) is 0.126. The lowest BCUT2D eigenvalue weighted by atomic mass is 9.48. The Morgan fingerprint density at radius 3 is 2.22 bits per heavy atom. The molecule has 22 rings (SSSR count). The van der Waals surface area contributed by atoms with E-state index in [4.69, 9.17) is 0 Å². The number of piperidine rings is 1. The van der Waals surface area contributed by atoms with Crippen molar-refractivity contribution in [2.75, 3.05) is 4.90 Å². The van der Waals surface area contributed by atoms with Crippen LogP contribution >= 0.6 is 0 Å². The van der Waals surface area contributed by atoms with Crippen LogP contribution in [0.15, 0.2) is 150 Å². The summed E-state index contributed by atoms with van der Waals surface area (Å²) in [6.07, 6.45) is 13.2. The number of nitrogens with zero attached hydrogens (tertiary/aromatic N) is 1. The summed E-state index contributed by atoms with van der Waals surface area (Å²) in [6, 6.07) is 44.5. The highest BCUT2D eigenvalue weighted by atomic mass is 15.3. The SMILES string of the molecule is CCCC1=c2ccc3c4ccc5c6c7c8c9c%10c%11c(c2c3c(c%118)c64)C12C(c1ccc3ccc4cccc6ccc1c3c46)N(c1ccccc1)C(C)C1C3=C4C=CC6C(C4=C%10C312)C=9C1C6C=CC5C71. The Morgan fingerprint density at radius 2 is 1.35 bits per heavy atom. The zero-order chi connectivity index (χ0) is 43.1. The smallest absolute Gasteiger partial charge is 0.0698 e. The average molecular weight is 860 g/mol. The van der Waals surface area contributed by atoms with Gasteiger partial charge in [-0.25, -0.2) is 0 Å². The summed E-state index contributed by atoms with van der Waals surface area (Å²) < 4.78 is 0. The number of fused-ring (bicyclic) bond motifs is 4. The van der Waals surface area contributed by atoms with Gasteiger partial charge in [0.2, 0.25) is 0 Å². The van der Waals surface area contributed by atoms with Crippen LogP contribution in [-0.4, -0.2) is 6.04 Å². The molecule has 11 aromatic carbocycles. The zero-order valence-electron chi connectivity index (χ0n) is 37.8. The van der Waals surface area contributed by atoms with Gasteiger partial charge in [0.1, 0.15) is 0 Å². The van der Waals surface area contributed by atoms with Crippen molar-refractivity contribution < 1.29 is 0 Å². The molecule has 1 nitrogen and oxygen atoms in total. The summed E-state index contributed by atoms with van der Waals surface area (Å²) >= 11 is 0. The molecule has 0 amide bonds. The van der Waals surface area contributed by atoms with Gasteiger partial charge in [-0.1, -0.05) is 135 Å². The van der Waals surface area contributed by atoms with Gasteiger partial charge in [-0.05, 0) is 201 Å². The summed E-state index contributed by atoms with van der Waals surface area (Å²) in [4.78, 5) is 3.04. The Balaban J connectivity index is 1.05. The van der Waals surface area contributed by atoms with E-state index in [-0.39, 0.29) is 16.9 Å². The van der Waals surface area contributed by atoms with Crippen LogP contribution in [0, 0.1) is 35.0 Å². The Morgan fingerprint density at radius 1 is 0.588 bits per heavy atom. The minimum Gasteiger partial charge on any atom is -0.360 e. The number of hydrogen-bond acceptors (Lipinski definition) is 1. The molecule has 11 aliphatic rings. The van der Waals surface area contributed by atoms with Crippen molar-refractivity contribution in [2.24, 2.45) is 35.0 Å². The zero-order valence-corrected chi connectivity index (χ0v) is 37.8. The Hall–Kier alpha value is -6.96. The van der Waals surface area contributed by atoms with E-state index in [0.717, 1.165) is 12.8 Å². The van der Waals surface area contributed by atoms with Gasteiger partial charge in [0.15, 0.2) is 0 Å². The van der Waals surface area contributed by atoms with Crippen molar-refractivity contribution in [3.8, 4) is 0 Å². The largest absolute Gasteiger partial charge is 0.360 e. The molecule has 2 spiro atoms. The standard InChI is InChI=1S/C67H41N/c1-3-8-42-40-25-23-36-34-21-19-32-33-20-22-35-37-24-26-41-52-50(37)55-48(35)46(33)53-45(32)47(34)54-49(36)51(40)63-59-57(54)56(53)58(55)60(59)64(52)67-61(62(41)67)27(2)68(31-11-5-4-6-12-31)65(66(42,63)67)39-18-16-30-14-13-28-9-7-10-29-15-17-38(39)44(30)43(28)29/h4-7,9-27,33,35,37,46,48,50,61,65H,3,8H2,1-2H3. The Bertz CT molecular complexity index is 4750. The van der Waals surface area contributed by atoms with E-state index in [1.54, 1.807) is 92.5 Å². The first-order valence-corrected chi connectivity index (χ1v) is 26.1. The Kier molecular flexibility index (Phi) is 4.53. The number of rotatable bonds is 4. The maximum atomic E-state index is 3.04. The van der Waals surface area contributed by atoms with Crippen LogP contribution < -0.4 is 15.3 Å². The highest BCUT2D eigenvalue weighted by Gasteiger charge is 2.86. The minimum atomic E-state index is -0.317. The van der Waals surface area contributed by atoms with E-state index in [9.17, 15) is 0 Å². The third kappa shape index (κ3) is 2.61. The van der Waals surface area contributed by atoms with Crippen molar-refractivity contribution in [2.45, 2.75) is 56.0 Å². The van der Waals surface area contributed by atoms with Gasteiger partial charge in [0.25, 0.3) is 0 Å². The topological polar surface area (TPSA) is 3.24 Å². The summed E-state index contributed by atoms with van der Waals surface area (Å²) in [7, 11) is 0. The predicted molar refractivity (Wildman–Crippen MR) is 279 cm³/mol. The first-order valence-electron chi connectivity index (χ1n) is 26.1. The lowest BCUT2D eigenvalue weighted by Crippen LogP contribution is -2.60. The second-order valence-electron chi connectivity index (χ2n) is 23.6. The highest BCUT2D eigenvalue weighted by Crippen LogP contribution is 2.91. The van der Waals surface area contributed by atoms with E-state index in [2.05, 4.69) is 152 Å². The number of allylic oxidation sites excluding steroid dienone is 7. The molecule has 0 radical (unpaired) electrons. The fraction of sp³-hybridized carbons (Fsp3) is 0.224. The molecule has 1 aliphatic heterocycles. The monoisotopic (exact) mass is 859 g/mol. The van der Waals surface area contributed by atoms with Crippen molar-refractivity contribution in [3.05, 3.63) is 188 Å². The van der Waals surface area contributed by atoms with E-state index in [1.807, 2.05) is 16.7 Å². The maximum absolute atomic E-state index is 3.04. The van der Waals surface area contributed by atoms with Gasteiger partial charge in [-0.15, -0.1) is 0 Å². The lowest BCUT2D eigenvalue weighted by Gasteiger charge is -2.60. The molecule has 0 N–H and O–H groups in total. The first kappa shape index (κ1) is 32.7. The first-order chi connectivity index (χ1) is 33.7. The summed E-state index contributed by atoms with van der Waals surface area (Å²) in [5.74, 6) is 3.59. The molecule has 11 aromatic rings. The molecule has 1 heterocycles. The second-order valence-corrected chi connectivity index (χ2v) is 23.6. The van der Waals surface area contributed by atoms with Crippen LogP contribution in [0.2, 0.25) is 0 Å². The second kappa shape index (κ2) is 9.42. The van der Waals surface area contributed by atoms with Crippen LogP contribution in [0.25, 0.3) is 103 Å². The minimum absolute atomic E-state index is 0.0577. The molecule has 3 fully saturated rings. The molecule has 314 valence electrons. The van der Waals surface area contributed by atoms with E-state index in [1.165, 1.54) is 54.3 Å². The van der Waals surface area contributed by atoms with Crippen molar-refractivity contribution in [3.63, 3.8) is 0 Å². The van der Waals surface area contributed by atoms with Crippen molar-refractivity contribution >= 4 is 109 Å². The molecule has 11 unspecified atom stereocenters. The predicted octanol–water partition coefficient (Wildman–Crippen LogP) is 14.2. The maximum Gasteiger partial charge on any atom is 0.0698 e. The number of benzene rings is 9. The molecule has 0 bridgehead atoms. The van der Waals surface area contributed by atoms with Gasteiger partial charge in [-0.2, -0.15) is 0 Å². The van der Waals surface area contributed by atoms with Gasteiger partial charge in [-0.3, -0.25) is 0 Å². The lowest BCUT2D eigenvalue weighted by molar-refractivity contribution is 0.228. The number of hydrogen-bond donors (Lipinski definition) is 0. The third-order valence-electron chi connectivity index (χ3n) is 22.3. The normalized spacial score (nSPS) is 33.5. The molecule has 0 aromatic heterocycles. The summed E-state index contributed by atoms with van der Waals surface area (Å²) in [5.41, 5.74) is 20.0. The number of anilines is 1. The van der Waals surface area contributed by atoms with Crippen LogP contribution in [-0.2, 0) is 5.41 Å². The Labute approximate surface area is 391 Å². The van der Waals surface area contributed by atoms with Gasteiger partial charge in [0.05, 0.1) is 11.5 Å². The van der Waals surface area contributed by atoms with E-state index >= 15 is 0 Å². The molecule has 68 heavy (non-hydrogen) atoms. The molecule has 1 saturated heterocycles. The van der Waals surface area contributed by atoms with Crippen LogP contribution in [0.3, 0.4) is 0 Å².